The number of hydrogen-bond acceptors (Lipinski definition) is 4. The summed E-state index contributed by atoms with van der Waals surface area (Å²) in [5, 5.41) is 0. The lowest BCUT2D eigenvalue weighted by Crippen LogP contribution is -2.33. The van der Waals surface area contributed by atoms with E-state index in [1.54, 1.807) is 0 Å². The van der Waals surface area contributed by atoms with Crippen LogP contribution in [0.25, 0.3) is 0 Å². The standard InChI is InChI=1S/C20H18F6N2O4S/c1-11(19(21,22)23)32-17-6-5-15(33(30,31)27-2)8-16(17)18(29)28-9-12-3-4-14(20(24,25)26)7-13(12)10-28/h3-8,11,27H,9-10H2,1-2H3. The Morgan fingerprint density at radius 3 is 2.24 bits per heavy atom. The molecule has 0 fully saturated rings. The molecular formula is C20H18F6N2O4S. The number of sulfonamides is 1. The van der Waals surface area contributed by atoms with Gasteiger partial charge in [0.2, 0.25) is 10.0 Å². The van der Waals surface area contributed by atoms with Crippen LogP contribution in [0.3, 0.4) is 0 Å². The van der Waals surface area contributed by atoms with Crippen molar-refractivity contribution < 1.29 is 44.3 Å². The topological polar surface area (TPSA) is 75.7 Å². The lowest BCUT2D eigenvalue weighted by Gasteiger charge is -2.22. The predicted octanol–water partition coefficient (Wildman–Crippen LogP) is 4.10. The average Bonchev–Trinajstić information content (AvgIpc) is 3.15. The lowest BCUT2D eigenvalue weighted by molar-refractivity contribution is -0.189. The molecule has 1 heterocycles. The molecular weight excluding hydrogens is 478 g/mol. The van der Waals surface area contributed by atoms with E-state index >= 15 is 0 Å². The normalized spacial score (nSPS) is 15.3. The number of carbonyl (C=O) groups is 1. The number of benzene rings is 2. The Bertz CT molecular complexity index is 1180. The molecule has 2 aromatic rings. The number of rotatable bonds is 5. The van der Waals surface area contributed by atoms with E-state index in [4.69, 9.17) is 4.74 Å². The van der Waals surface area contributed by atoms with E-state index in [1.165, 1.54) is 6.07 Å². The monoisotopic (exact) mass is 496 g/mol. The highest BCUT2D eigenvalue weighted by atomic mass is 32.2. The molecule has 180 valence electrons. The first-order valence-electron chi connectivity index (χ1n) is 9.42. The highest BCUT2D eigenvalue weighted by Crippen LogP contribution is 2.35. The minimum absolute atomic E-state index is 0.108. The second kappa shape index (κ2) is 8.52. The average molecular weight is 496 g/mol. The summed E-state index contributed by atoms with van der Waals surface area (Å²) in [6.45, 7) is 0.371. The minimum Gasteiger partial charge on any atom is -0.480 e. The van der Waals surface area contributed by atoms with Crippen LogP contribution in [0.2, 0.25) is 0 Å². The maximum atomic E-state index is 13.1. The quantitative estimate of drug-likeness (QED) is 0.633. The third-order valence-corrected chi connectivity index (χ3v) is 6.48. The largest absolute Gasteiger partial charge is 0.480 e. The van der Waals surface area contributed by atoms with Gasteiger partial charge in [-0.15, -0.1) is 0 Å². The van der Waals surface area contributed by atoms with Gasteiger partial charge in [-0.3, -0.25) is 4.79 Å². The molecule has 1 aliphatic heterocycles. The van der Waals surface area contributed by atoms with Crippen LogP contribution in [0.4, 0.5) is 26.3 Å². The van der Waals surface area contributed by atoms with Gasteiger partial charge in [-0.1, -0.05) is 6.07 Å². The van der Waals surface area contributed by atoms with Gasteiger partial charge in [0, 0.05) is 13.1 Å². The SMILES string of the molecule is CNS(=O)(=O)c1ccc(OC(C)C(F)(F)F)c(C(=O)N2Cc3ccc(C(F)(F)F)cc3C2)c1. The Morgan fingerprint density at radius 2 is 1.67 bits per heavy atom. The summed E-state index contributed by atoms with van der Waals surface area (Å²) in [5.74, 6) is -1.40. The first-order chi connectivity index (χ1) is 15.1. The predicted molar refractivity (Wildman–Crippen MR) is 104 cm³/mol. The molecule has 1 unspecified atom stereocenters. The number of fused-ring (bicyclic) bond motifs is 1. The van der Waals surface area contributed by atoms with Crippen molar-refractivity contribution in [2.24, 2.45) is 0 Å². The lowest BCUT2D eigenvalue weighted by atomic mass is 10.1. The van der Waals surface area contributed by atoms with E-state index in [0.29, 0.717) is 5.56 Å². The summed E-state index contributed by atoms with van der Waals surface area (Å²) in [7, 11) is -2.94. The molecule has 2 aromatic carbocycles. The molecule has 0 radical (unpaired) electrons. The summed E-state index contributed by atoms with van der Waals surface area (Å²) < 4.78 is 109. The number of carbonyl (C=O) groups excluding carboxylic acids is 1. The van der Waals surface area contributed by atoms with Gasteiger partial charge in [-0.25, -0.2) is 13.1 Å². The van der Waals surface area contributed by atoms with Crippen molar-refractivity contribution in [2.45, 2.75) is 43.4 Å². The van der Waals surface area contributed by atoms with E-state index in [-0.39, 0.29) is 18.7 Å². The number of nitrogens with zero attached hydrogens (tertiary/aromatic N) is 1. The van der Waals surface area contributed by atoms with Gasteiger partial charge in [0.15, 0.2) is 6.10 Å². The van der Waals surface area contributed by atoms with Crippen LogP contribution in [-0.4, -0.2) is 38.6 Å². The highest BCUT2D eigenvalue weighted by Gasteiger charge is 2.39. The van der Waals surface area contributed by atoms with Gasteiger partial charge in [-0.05, 0) is 55.4 Å². The molecule has 0 aliphatic carbocycles. The van der Waals surface area contributed by atoms with Crippen molar-refractivity contribution in [3.8, 4) is 5.75 Å². The zero-order chi connectivity index (χ0) is 24.8. The van der Waals surface area contributed by atoms with Gasteiger partial charge in [0.1, 0.15) is 5.75 Å². The Balaban J connectivity index is 1.98. The number of halogens is 6. The fourth-order valence-electron chi connectivity index (χ4n) is 3.21. The van der Waals surface area contributed by atoms with Crippen LogP contribution >= 0.6 is 0 Å². The van der Waals surface area contributed by atoms with Gasteiger partial charge in [0.05, 0.1) is 16.0 Å². The summed E-state index contributed by atoms with van der Waals surface area (Å²) in [6, 6.07) is 5.77. The first kappa shape index (κ1) is 24.8. The Labute approximate surface area is 185 Å². The second-order valence-corrected chi connectivity index (χ2v) is 9.20. The molecule has 1 N–H and O–H groups in total. The third kappa shape index (κ3) is 5.24. The fraction of sp³-hybridized carbons (Fsp3) is 0.350. The van der Waals surface area contributed by atoms with Crippen molar-refractivity contribution in [1.29, 1.82) is 0 Å². The molecule has 1 aliphatic rings. The Kier molecular flexibility index (Phi) is 6.41. The van der Waals surface area contributed by atoms with Crippen LogP contribution in [0.1, 0.15) is 34.0 Å². The van der Waals surface area contributed by atoms with Crippen LogP contribution < -0.4 is 9.46 Å². The summed E-state index contributed by atoms with van der Waals surface area (Å²) >= 11 is 0. The second-order valence-electron chi connectivity index (χ2n) is 7.31. The summed E-state index contributed by atoms with van der Waals surface area (Å²) in [6.07, 6.45) is -11.6. The molecule has 0 saturated heterocycles. The molecule has 13 heteroatoms. The molecule has 1 atom stereocenters. The van der Waals surface area contributed by atoms with E-state index in [1.807, 2.05) is 4.72 Å². The fourth-order valence-corrected chi connectivity index (χ4v) is 3.96. The van der Waals surface area contributed by atoms with E-state index in [2.05, 4.69) is 0 Å². The number of nitrogens with one attached hydrogen (secondary N) is 1. The summed E-state index contributed by atoms with van der Waals surface area (Å²) in [5.41, 5.74) is -0.711. The van der Waals surface area contributed by atoms with E-state index in [9.17, 15) is 39.6 Å². The zero-order valence-corrected chi connectivity index (χ0v) is 18.0. The van der Waals surface area contributed by atoms with Crippen molar-refractivity contribution in [3.05, 3.63) is 58.7 Å². The van der Waals surface area contributed by atoms with Crippen molar-refractivity contribution in [3.63, 3.8) is 0 Å². The van der Waals surface area contributed by atoms with Gasteiger partial charge >= 0.3 is 12.4 Å². The van der Waals surface area contributed by atoms with Gasteiger partial charge in [0.25, 0.3) is 5.91 Å². The zero-order valence-electron chi connectivity index (χ0n) is 17.2. The third-order valence-electron chi connectivity index (χ3n) is 5.07. The minimum atomic E-state index is -4.76. The summed E-state index contributed by atoms with van der Waals surface area (Å²) in [4.78, 5) is 13.9. The Morgan fingerprint density at radius 1 is 1.03 bits per heavy atom. The van der Waals surface area contributed by atoms with Crippen molar-refractivity contribution in [1.82, 2.24) is 9.62 Å². The molecule has 3 rings (SSSR count). The molecule has 0 spiro atoms. The van der Waals surface area contributed by atoms with Crippen molar-refractivity contribution >= 4 is 15.9 Å². The molecule has 0 aromatic heterocycles. The van der Waals surface area contributed by atoms with Gasteiger partial charge < -0.3 is 9.64 Å². The smallest absolute Gasteiger partial charge is 0.425 e. The van der Waals surface area contributed by atoms with E-state index in [0.717, 1.165) is 49.2 Å². The molecule has 1 amide bonds. The van der Waals surface area contributed by atoms with Crippen LogP contribution in [0.5, 0.6) is 5.75 Å². The first-order valence-corrected chi connectivity index (χ1v) is 10.9. The molecule has 0 bridgehead atoms. The Hall–Kier alpha value is -2.80. The maximum Gasteiger partial charge on any atom is 0.425 e. The van der Waals surface area contributed by atoms with Crippen LogP contribution in [0, 0.1) is 0 Å². The van der Waals surface area contributed by atoms with Gasteiger partial charge in [-0.2, -0.15) is 26.3 Å². The number of alkyl halides is 6. The van der Waals surface area contributed by atoms with Crippen LogP contribution in [-0.2, 0) is 29.3 Å². The number of hydrogen-bond donors (Lipinski definition) is 1. The molecule has 0 saturated carbocycles. The molecule has 33 heavy (non-hydrogen) atoms. The molecule has 6 nitrogen and oxygen atoms in total. The number of ether oxygens (including phenoxy) is 1. The van der Waals surface area contributed by atoms with Crippen molar-refractivity contribution in [2.75, 3.05) is 7.05 Å². The highest BCUT2D eigenvalue weighted by molar-refractivity contribution is 7.89. The van der Waals surface area contributed by atoms with E-state index < -0.39 is 56.2 Å². The number of amides is 1. The van der Waals surface area contributed by atoms with Crippen LogP contribution in [0.15, 0.2) is 41.3 Å². The maximum absolute atomic E-state index is 13.1.